The number of carbonyl (C=O) groups is 4. The molecule has 2 aliphatic carbocycles. The Bertz CT molecular complexity index is 2370. The van der Waals surface area contributed by atoms with Crippen molar-refractivity contribution in [3.63, 3.8) is 0 Å². The quantitative estimate of drug-likeness (QED) is 0.0793. The second-order valence-electron chi connectivity index (χ2n) is 17.9. The average molecular weight is 956 g/mol. The van der Waals surface area contributed by atoms with Crippen LogP contribution in [0.1, 0.15) is 125 Å². The van der Waals surface area contributed by atoms with E-state index in [0.29, 0.717) is 17.5 Å². The van der Waals surface area contributed by atoms with E-state index < -0.39 is 40.7 Å². The zero-order valence-electron chi connectivity index (χ0n) is 38.9. The van der Waals surface area contributed by atoms with Crippen LogP contribution in [0.5, 0.6) is 0 Å². The molecule has 364 valence electrons. The van der Waals surface area contributed by atoms with Gasteiger partial charge < -0.3 is 53.3 Å². The standard InChI is InChI=1S/C22H30FN7O3.C11H9ClFN5O.C11H22N2O2/c1-12-13(23)9-10-17(25-12)27-16-11-18(29-30-19(16)20(24)31)26-14-7-5-6-8-15(14)28-21(32)33-22(2,3)4;1-5-6(13)2-3-9(15-5)16-7-4-8(12)17-18-10(7)11(14)19;1-11(2,3)15-10(14)13-9-7-5-4-6-8(9)12/h9-11,14-15H,5-8H2,1-4H3,(H2,24,31)(H,28,32)(H2,25,26,27,29);2-4H,1H3,(H2,14,19)(H,15,16,17);8-9H,4-7,12H2,1-3H3,(H,13,14)/t14-,15+;;8-,9+/m1.1/s1. The van der Waals surface area contributed by atoms with E-state index in [9.17, 15) is 28.0 Å². The van der Waals surface area contributed by atoms with Gasteiger partial charge in [0.05, 0.1) is 28.8 Å². The molecule has 0 spiro atoms. The maximum Gasteiger partial charge on any atom is 0.407 e. The van der Waals surface area contributed by atoms with Gasteiger partial charge in [0.2, 0.25) is 0 Å². The van der Waals surface area contributed by atoms with Crippen LogP contribution in [0, 0.1) is 25.5 Å². The number of primary amides is 2. The molecule has 4 aromatic rings. The summed E-state index contributed by atoms with van der Waals surface area (Å²) in [6, 6.07) is 8.25. The predicted molar refractivity (Wildman–Crippen MR) is 249 cm³/mol. The topological polar surface area (TPSA) is 302 Å². The van der Waals surface area contributed by atoms with E-state index in [1.54, 1.807) is 6.07 Å². The number of carbonyl (C=O) groups excluding carboxylic acids is 4. The number of pyridine rings is 2. The minimum atomic E-state index is -0.766. The molecular formula is C44H61ClF2N14O6. The highest BCUT2D eigenvalue weighted by molar-refractivity contribution is 6.29. The first-order valence-corrected chi connectivity index (χ1v) is 22.1. The number of nitrogens with two attached hydrogens (primary N) is 3. The Labute approximate surface area is 393 Å². The minimum Gasteiger partial charge on any atom is -0.444 e. The summed E-state index contributed by atoms with van der Waals surface area (Å²) in [6.07, 6.45) is 6.97. The van der Waals surface area contributed by atoms with Crippen LogP contribution in [0.25, 0.3) is 0 Å². The number of aryl methyl sites for hydroxylation is 2. The van der Waals surface area contributed by atoms with Crippen LogP contribution in [-0.2, 0) is 9.47 Å². The van der Waals surface area contributed by atoms with Crippen molar-refractivity contribution in [2.45, 2.75) is 142 Å². The third-order valence-corrected chi connectivity index (χ3v) is 10.1. The molecule has 0 aromatic carbocycles. The molecule has 20 nitrogen and oxygen atoms in total. The fraction of sp³-hybridized carbons (Fsp3) is 0.500. The first kappa shape index (κ1) is 53.1. The number of nitrogens with one attached hydrogen (secondary N) is 5. The molecule has 0 bridgehead atoms. The van der Waals surface area contributed by atoms with E-state index in [4.69, 9.17) is 38.3 Å². The summed E-state index contributed by atoms with van der Waals surface area (Å²) in [6.45, 7) is 14.1. The monoisotopic (exact) mass is 954 g/mol. The van der Waals surface area contributed by atoms with Crippen LogP contribution < -0.4 is 43.8 Å². The summed E-state index contributed by atoms with van der Waals surface area (Å²) in [5.74, 6) is -1.33. The van der Waals surface area contributed by atoms with E-state index >= 15 is 0 Å². The maximum absolute atomic E-state index is 13.6. The maximum atomic E-state index is 13.6. The Hall–Kier alpha value is -6.55. The molecule has 4 heterocycles. The number of aromatic nitrogens is 6. The molecule has 2 aliphatic rings. The molecule has 2 fully saturated rings. The van der Waals surface area contributed by atoms with Gasteiger partial charge in [0, 0.05) is 30.3 Å². The van der Waals surface area contributed by atoms with Gasteiger partial charge in [-0.15, -0.1) is 20.4 Å². The van der Waals surface area contributed by atoms with Gasteiger partial charge in [-0.3, -0.25) is 9.59 Å². The van der Waals surface area contributed by atoms with Gasteiger partial charge in [-0.05, 0) is 105 Å². The van der Waals surface area contributed by atoms with Gasteiger partial charge in [0.15, 0.2) is 22.4 Å². The minimum absolute atomic E-state index is 0.0728. The highest BCUT2D eigenvalue weighted by Crippen LogP contribution is 2.26. The zero-order valence-corrected chi connectivity index (χ0v) is 39.7. The molecule has 0 aliphatic heterocycles. The van der Waals surface area contributed by atoms with Crippen molar-refractivity contribution >= 4 is 64.4 Å². The predicted octanol–water partition coefficient (Wildman–Crippen LogP) is 7.01. The van der Waals surface area contributed by atoms with Gasteiger partial charge in [-0.25, -0.2) is 28.3 Å². The average Bonchev–Trinajstić information content (AvgIpc) is 3.21. The number of amides is 4. The summed E-state index contributed by atoms with van der Waals surface area (Å²) in [7, 11) is 0. The molecule has 11 N–H and O–H groups in total. The molecular weight excluding hydrogens is 894 g/mol. The molecule has 0 saturated heterocycles. The number of hydrogen-bond acceptors (Lipinski definition) is 16. The number of hydrogen-bond donors (Lipinski definition) is 8. The van der Waals surface area contributed by atoms with Gasteiger partial charge in [-0.2, -0.15) is 0 Å². The summed E-state index contributed by atoms with van der Waals surface area (Å²) < 4.78 is 37.2. The van der Waals surface area contributed by atoms with Crippen molar-refractivity contribution in [3.8, 4) is 0 Å². The Morgan fingerprint density at radius 1 is 0.627 bits per heavy atom. The molecule has 2 saturated carbocycles. The van der Waals surface area contributed by atoms with E-state index in [-0.39, 0.29) is 69.6 Å². The lowest BCUT2D eigenvalue weighted by Crippen LogP contribution is -2.50. The van der Waals surface area contributed by atoms with Crippen LogP contribution in [-0.4, -0.2) is 89.7 Å². The Morgan fingerprint density at radius 2 is 1.06 bits per heavy atom. The fourth-order valence-corrected chi connectivity index (χ4v) is 6.96. The number of nitrogens with zero attached hydrogens (tertiary/aromatic N) is 6. The van der Waals surface area contributed by atoms with Crippen LogP contribution in [0.4, 0.5) is 47.2 Å². The van der Waals surface area contributed by atoms with Gasteiger partial charge in [-0.1, -0.05) is 37.3 Å². The van der Waals surface area contributed by atoms with Crippen LogP contribution >= 0.6 is 11.6 Å². The second-order valence-corrected chi connectivity index (χ2v) is 18.3. The lowest BCUT2D eigenvalue weighted by Gasteiger charge is -2.33. The van der Waals surface area contributed by atoms with E-state index in [1.807, 2.05) is 41.5 Å². The van der Waals surface area contributed by atoms with Gasteiger partial charge in [0.25, 0.3) is 11.8 Å². The zero-order chi connectivity index (χ0) is 49.6. The Kier molecular flexibility index (Phi) is 18.8. The molecule has 4 aromatic heterocycles. The summed E-state index contributed by atoms with van der Waals surface area (Å²) in [5, 5.41) is 30.1. The SMILES string of the molecule is CC(C)(C)OC(=O)N[C@H]1CCCC[C@H]1N.Cc1nc(Nc2cc(Cl)nnc2C(N)=O)ccc1F.Cc1nc(Nc2cc(N[C@@H]3CCCC[C@@H]3NC(=O)OC(C)(C)C)nnc2C(N)=O)ccc1F. The molecule has 4 amide bonds. The van der Waals surface area contributed by atoms with E-state index in [0.717, 1.165) is 51.4 Å². The van der Waals surface area contributed by atoms with E-state index in [2.05, 4.69) is 56.9 Å². The molecule has 23 heteroatoms. The lowest BCUT2D eigenvalue weighted by atomic mass is 9.90. The normalized spacial score (nSPS) is 18.0. The molecule has 6 rings (SSSR count). The number of halogens is 3. The number of alkyl carbamates (subject to hydrolysis) is 2. The van der Waals surface area contributed by atoms with E-state index in [1.165, 1.54) is 44.2 Å². The smallest absolute Gasteiger partial charge is 0.407 e. The first-order chi connectivity index (χ1) is 31.4. The van der Waals surface area contributed by atoms with Crippen molar-refractivity contribution in [1.29, 1.82) is 0 Å². The highest BCUT2D eigenvalue weighted by Gasteiger charge is 2.30. The van der Waals surface area contributed by atoms with Crippen molar-refractivity contribution in [2.24, 2.45) is 17.2 Å². The van der Waals surface area contributed by atoms with Crippen LogP contribution in [0.3, 0.4) is 0 Å². The van der Waals surface area contributed by atoms with Crippen molar-refractivity contribution in [1.82, 2.24) is 41.0 Å². The fourth-order valence-electron chi connectivity index (χ4n) is 6.81. The van der Waals surface area contributed by atoms with Crippen molar-refractivity contribution in [3.05, 3.63) is 76.0 Å². The Morgan fingerprint density at radius 3 is 1.52 bits per heavy atom. The number of rotatable bonds is 10. The van der Waals surface area contributed by atoms with Crippen LogP contribution in [0.15, 0.2) is 36.4 Å². The van der Waals surface area contributed by atoms with Crippen LogP contribution in [0.2, 0.25) is 5.15 Å². The second kappa shape index (κ2) is 23.8. The highest BCUT2D eigenvalue weighted by atomic mass is 35.5. The molecule has 0 unspecified atom stereocenters. The first-order valence-electron chi connectivity index (χ1n) is 21.7. The number of anilines is 5. The lowest BCUT2D eigenvalue weighted by molar-refractivity contribution is 0.0475. The van der Waals surface area contributed by atoms with Gasteiger partial charge in [0.1, 0.15) is 34.5 Å². The largest absolute Gasteiger partial charge is 0.444 e. The summed E-state index contributed by atoms with van der Waals surface area (Å²) in [5.41, 5.74) is 16.3. The Balaban J connectivity index is 0.000000243. The summed E-state index contributed by atoms with van der Waals surface area (Å²) >= 11 is 5.70. The summed E-state index contributed by atoms with van der Waals surface area (Å²) in [4.78, 5) is 54.9. The molecule has 67 heavy (non-hydrogen) atoms. The molecule has 4 atom stereocenters. The number of ether oxygens (including phenoxy) is 2. The third-order valence-electron chi connectivity index (χ3n) is 9.92. The van der Waals surface area contributed by atoms with Crippen molar-refractivity contribution in [2.75, 3.05) is 16.0 Å². The van der Waals surface area contributed by atoms with Crippen molar-refractivity contribution < 1.29 is 37.4 Å². The molecule has 0 radical (unpaired) electrons. The van der Waals surface area contributed by atoms with Gasteiger partial charge >= 0.3 is 12.2 Å². The third kappa shape index (κ3) is 17.6.